The van der Waals surface area contributed by atoms with Crippen LogP contribution in [0.4, 0.5) is 0 Å². The van der Waals surface area contributed by atoms with Crippen molar-refractivity contribution in [3.8, 4) is 34.3 Å². The van der Waals surface area contributed by atoms with E-state index in [9.17, 15) is 4.79 Å². The molecule has 1 aromatic carbocycles. The van der Waals surface area contributed by atoms with Crippen LogP contribution in [0.5, 0.6) is 11.5 Å². The van der Waals surface area contributed by atoms with Crippen LogP contribution in [0.25, 0.3) is 22.8 Å². The smallest absolute Gasteiger partial charge is 0.269 e. The molecule has 1 aliphatic rings. The Balaban J connectivity index is 1.67. The molecule has 8 nitrogen and oxygen atoms in total. The average molecular weight is 472 g/mol. The van der Waals surface area contributed by atoms with Crippen molar-refractivity contribution in [1.82, 2.24) is 25.1 Å². The number of nitrogens with zero attached hydrogens (tertiary/aromatic N) is 4. The topological polar surface area (TPSA) is 91.2 Å². The molecule has 2 aromatic heterocycles. The molecule has 0 bridgehead atoms. The first-order chi connectivity index (χ1) is 14.6. The fourth-order valence-electron chi connectivity index (χ4n) is 3.21. The Morgan fingerprint density at radius 1 is 1.27 bits per heavy atom. The molecule has 0 saturated heterocycles. The van der Waals surface area contributed by atoms with Crippen molar-refractivity contribution in [2.75, 3.05) is 20.3 Å². The highest BCUT2D eigenvalue weighted by Crippen LogP contribution is 2.39. The Kier molecular flexibility index (Phi) is 5.98. The third-order valence-electron chi connectivity index (χ3n) is 4.77. The molecule has 30 heavy (non-hydrogen) atoms. The highest BCUT2D eigenvalue weighted by atomic mass is 79.9. The molecule has 4 rings (SSSR count). The van der Waals surface area contributed by atoms with Crippen LogP contribution in [0.3, 0.4) is 0 Å². The van der Waals surface area contributed by atoms with Gasteiger partial charge in [-0.15, -0.1) is 0 Å². The first-order valence-electron chi connectivity index (χ1n) is 9.81. The number of ether oxygens (including phenoxy) is 2. The van der Waals surface area contributed by atoms with E-state index < -0.39 is 0 Å². The number of aromatic nitrogens is 4. The van der Waals surface area contributed by atoms with E-state index in [2.05, 4.69) is 43.2 Å². The summed E-state index contributed by atoms with van der Waals surface area (Å²) in [5.41, 5.74) is 2.60. The first kappa shape index (κ1) is 20.3. The van der Waals surface area contributed by atoms with E-state index in [1.165, 1.54) is 0 Å². The molecule has 0 aliphatic carbocycles. The molecule has 0 fully saturated rings. The number of halogens is 1. The summed E-state index contributed by atoms with van der Waals surface area (Å²) in [7, 11) is 1.61. The van der Waals surface area contributed by atoms with Gasteiger partial charge < -0.3 is 14.8 Å². The van der Waals surface area contributed by atoms with Crippen LogP contribution in [0, 0.1) is 0 Å². The predicted molar refractivity (Wildman–Crippen MR) is 116 cm³/mol. The molecule has 1 N–H and O–H groups in total. The van der Waals surface area contributed by atoms with Gasteiger partial charge in [0.25, 0.3) is 5.91 Å². The van der Waals surface area contributed by atoms with E-state index in [1.54, 1.807) is 30.1 Å². The van der Waals surface area contributed by atoms with Gasteiger partial charge in [0, 0.05) is 18.3 Å². The summed E-state index contributed by atoms with van der Waals surface area (Å²) in [6, 6.07) is 7.30. The lowest BCUT2D eigenvalue weighted by Crippen LogP contribution is -2.35. The Morgan fingerprint density at radius 2 is 2.13 bits per heavy atom. The van der Waals surface area contributed by atoms with Crippen LogP contribution < -0.4 is 14.8 Å². The number of carbonyl (C=O) groups excluding carboxylic acids is 1. The molecule has 0 saturated carbocycles. The van der Waals surface area contributed by atoms with Crippen molar-refractivity contribution in [2.24, 2.45) is 0 Å². The fraction of sp³-hybridized carbons (Fsp3) is 0.333. The maximum Gasteiger partial charge on any atom is 0.269 e. The lowest BCUT2D eigenvalue weighted by molar-refractivity contribution is 0.0924. The van der Waals surface area contributed by atoms with Gasteiger partial charge in [-0.05, 0) is 46.6 Å². The molecule has 0 atom stereocenters. The number of hydrogen-bond donors (Lipinski definition) is 1. The largest absolute Gasteiger partial charge is 0.493 e. The van der Waals surface area contributed by atoms with E-state index in [1.807, 2.05) is 12.1 Å². The normalized spacial score (nSPS) is 13.0. The second-order valence-electron chi connectivity index (χ2n) is 6.85. The SMILES string of the molecule is CCCCOc1c(Br)cc(-c2nccc(-c3cc4n(n3)CCNC4=O)n2)cc1OC. The minimum absolute atomic E-state index is 0.124. The average Bonchev–Trinajstić information content (AvgIpc) is 3.20. The third-order valence-corrected chi connectivity index (χ3v) is 5.36. The molecule has 1 amide bonds. The van der Waals surface area contributed by atoms with Gasteiger partial charge in [0.1, 0.15) is 11.4 Å². The highest BCUT2D eigenvalue weighted by molar-refractivity contribution is 9.10. The summed E-state index contributed by atoms with van der Waals surface area (Å²) in [6.45, 7) is 3.95. The van der Waals surface area contributed by atoms with Crippen LogP contribution in [0.2, 0.25) is 0 Å². The third kappa shape index (κ3) is 4.02. The maximum atomic E-state index is 12.0. The monoisotopic (exact) mass is 471 g/mol. The molecule has 3 heterocycles. The van der Waals surface area contributed by atoms with Gasteiger partial charge >= 0.3 is 0 Å². The lowest BCUT2D eigenvalue weighted by Gasteiger charge is -2.14. The van der Waals surface area contributed by atoms with E-state index in [4.69, 9.17) is 9.47 Å². The first-order valence-corrected chi connectivity index (χ1v) is 10.6. The molecule has 0 unspecified atom stereocenters. The number of amides is 1. The van der Waals surface area contributed by atoms with Crippen molar-refractivity contribution in [3.63, 3.8) is 0 Å². The fourth-order valence-corrected chi connectivity index (χ4v) is 3.77. The van der Waals surface area contributed by atoms with Gasteiger partial charge in [0.15, 0.2) is 17.3 Å². The number of methoxy groups -OCH3 is 1. The van der Waals surface area contributed by atoms with E-state index in [0.717, 1.165) is 22.9 Å². The number of nitrogens with one attached hydrogen (secondary N) is 1. The van der Waals surface area contributed by atoms with Gasteiger partial charge in [-0.1, -0.05) is 13.3 Å². The van der Waals surface area contributed by atoms with E-state index >= 15 is 0 Å². The molecular formula is C21H22BrN5O3. The van der Waals surface area contributed by atoms with Crippen LogP contribution in [-0.2, 0) is 6.54 Å². The van der Waals surface area contributed by atoms with E-state index in [-0.39, 0.29) is 5.91 Å². The molecule has 0 radical (unpaired) electrons. The summed E-state index contributed by atoms with van der Waals surface area (Å²) in [4.78, 5) is 21.1. The minimum Gasteiger partial charge on any atom is -0.493 e. The van der Waals surface area contributed by atoms with Crippen molar-refractivity contribution >= 4 is 21.8 Å². The van der Waals surface area contributed by atoms with Crippen molar-refractivity contribution in [3.05, 3.63) is 40.6 Å². The maximum absolute atomic E-state index is 12.0. The number of benzene rings is 1. The second kappa shape index (κ2) is 8.83. The van der Waals surface area contributed by atoms with Gasteiger partial charge in [-0.25, -0.2) is 9.97 Å². The number of fused-ring (bicyclic) bond motifs is 1. The quantitative estimate of drug-likeness (QED) is 0.528. The Hall–Kier alpha value is -2.94. The number of carbonyl (C=O) groups is 1. The minimum atomic E-state index is -0.124. The van der Waals surface area contributed by atoms with E-state index in [0.29, 0.717) is 54.1 Å². The molecule has 1 aliphatic heterocycles. The summed E-state index contributed by atoms with van der Waals surface area (Å²) in [5, 5.41) is 7.34. The van der Waals surface area contributed by atoms with Gasteiger partial charge in [0.05, 0.1) is 30.4 Å². The zero-order chi connectivity index (χ0) is 21.1. The molecule has 3 aromatic rings. The number of unbranched alkanes of at least 4 members (excludes halogenated alkanes) is 1. The van der Waals surface area contributed by atoms with Gasteiger partial charge in [0.2, 0.25) is 0 Å². The lowest BCUT2D eigenvalue weighted by atomic mass is 10.1. The summed E-state index contributed by atoms with van der Waals surface area (Å²) in [6.07, 6.45) is 3.70. The van der Waals surface area contributed by atoms with Gasteiger partial charge in [-0.3, -0.25) is 9.48 Å². The molecule has 0 spiro atoms. The van der Waals surface area contributed by atoms with Crippen molar-refractivity contribution in [1.29, 1.82) is 0 Å². The van der Waals surface area contributed by atoms with Crippen LogP contribution in [-0.4, -0.2) is 45.9 Å². The molecule has 9 heteroatoms. The van der Waals surface area contributed by atoms with Crippen molar-refractivity contribution < 1.29 is 14.3 Å². The van der Waals surface area contributed by atoms with Gasteiger partial charge in [-0.2, -0.15) is 5.10 Å². The Morgan fingerprint density at radius 3 is 2.90 bits per heavy atom. The zero-order valence-corrected chi connectivity index (χ0v) is 18.4. The summed E-state index contributed by atoms with van der Waals surface area (Å²) in [5.74, 6) is 1.68. The predicted octanol–water partition coefficient (Wildman–Crippen LogP) is 3.70. The summed E-state index contributed by atoms with van der Waals surface area (Å²) >= 11 is 3.58. The molecular weight excluding hydrogens is 450 g/mol. The van der Waals surface area contributed by atoms with Crippen LogP contribution in [0.15, 0.2) is 34.9 Å². The van der Waals surface area contributed by atoms with Crippen molar-refractivity contribution in [2.45, 2.75) is 26.3 Å². The standard InChI is InChI=1S/C21H22BrN5O3/c1-3-4-9-30-19-14(22)10-13(11-18(19)29-2)20-23-6-5-15(25-20)16-12-17-21(28)24-7-8-27(17)26-16/h5-6,10-12H,3-4,7-9H2,1-2H3,(H,24,28). The number of hydrogen-bond acceptors (Lipinski definition) is 6. The summed E-state index contributed by atoms with van der Waals surface area (Å²) < 4.78 is 13.9. The Labute approximate surface area is 182 Å². The molecule has 156 valence electrons. The van der Waals surface area contributed by atoms with Crippen LogP contribution in [0.1, 0.15) is 30.3 Å². The second-order valence-corrected chi connectivity index (χ2v) is 7.71. The highest BCUT2D eigenvalue weighted by Gasteiger charge is 2.21. The number of rotatable bonds is 7. The zero-order valence-electron chi connectivity index (χ0n) is 16.8. The van der Waals surface area contributed by atoms with Crippen LogP contribution >= 0.6 is 15.9 Å². The Bertz CT molecular complexity index is 1080.